The van der Waals surface area contributed by atoms with Crippen molar-refractivity contribution in [1.82, 2.24) is 10.2 Å². The van der Waals surface area contributed by atoms with Crippen LogP contribution < -0.4 is 10.6 Å². The van der Waals surface area contributed by atoms with Gasteiger partial charge >= 0.3 is 0 Å². The molecule has 5 nitrogen and oxygen atoms in total. The molecule has 1 fully saturated rings. The number of nitrogens with zero attached hydrogens (tertiary/aromatic N) is 1. The second-order valence-electron chi connectivity index (χ2n) is 7.36. The van der Waals surface area contributed by atoms with Crippen LogP contribution >= 0.6 is 23.2 Å². The van der Waals surface area contributed by atoms with E-state index in [2.05, 4.69) is 10.6 Å². The largest absolute Gasteiger partial charge is 0.352 e. The van der Waals surface area contributed by atoms with Crippen molar-refractivity contribution in [1.29, 1.82) is 0 Å². The molecule has 2 amide bonds. The van der Waals surface area contributed by atoms with E-state index in [4.69, 9.17) is 23.2 Å². The van der Waals surface area contributed by atoms with E-state index >= 15 is 0 Å². The lowest BCUT2D eigenvalue weighted by Gasteiger charge is -2.30. The van der Waals surface area contributed by atoms with Gasteiger partial charge in [0.15, 0.2) is 0 Å². The maximum atomic E-state index is 12.4. The molecular weight excluding hydrogens is 409 g/mol. The van der Waals surface area contributed by atoms with E-state index in [1.807, 2.05) is 48.2 Å². The highest BCUT2D eigenvalue weighted by molar-refractivity contribution is 6.40. The van der Waals surface area contributed by atoms with Crippen LogP contribution in [0.4, 0.5) is 5.69 Å². The van der Waals surface area contributed by atoms with Crippen LogP contribution in [0, 0.1) is 12.8 Å². The van der Waals surface area contributed by atoms with E-state index in [0.717, 1.165) is 24.0 Å². The van der Waals surface area contributed by atoms with Crippen LogP contribution in [0.1, 0.15) is 24.0 Å². The molecule has 0 aliphatic carbocycles. The second-order valence-corrected chi connectivity index (χ2v) is 8.14. The van der Waals surface area contributed by atoms with Crippen molar-refractivity contribution in [2.75, 3.05) is 25.0 Å². The number of nitrogens with one attached hydrogen (secondary N) is 2. The van der Waals surface area contributed by atoms with Crippen molar-refractivity contribution in [3.8, 4) is 0 Å². The molecule has 0 saturated carbocycles. The normalized spacial score (nSPS) is 15.1. The van der Waals surface area contributed by atoms with E-state index in [9.17, 15) is 9.59 Å². The van der Waals surface area contributed by atoms with Crippen LogP contribution in [0.5, 0.6) is 0 Å². The van der Waals surface area contributed by atoms with Gasteiger partial charge in [-0.25, -0.2) is 0 Å². The van der Waals surface area contributed by atoms with Crippen LogP contribution in [0.15, 0.2) is 42.5 Å². The number of likely N-dealkylation sites (tertiary alicyclic amines) is 1. The number of amides is 2. The van der Waals surface area contributed by atoms with Crippen LogP contribution in [0.3, 0.4) is 0 Å². The maximum Gasteiger partial charge on any atom is 0.238 e. The fourth-order valence-electron chi connectivity index (χ4n) is 3.44. The van der Waals surface area contributed by atoms with Gasteiger partial charge in [-0.2, -0.15) is 0 Å². The predicted octanol–water partition coefficient (Wildman–Crippen LogP) is 4.27. The fraction of sp³-hybridized carbons (Fsp3) is 0.364. The van der Waals surface area contributed by atoms with Crippen molar-refractivity contribution < 1.29 is 9.59 Å². The van der Waals surface area contributed by atoms with E-state index in [-0.39, 0.29) is 24.3 Å². The van der Waals surface area contributed by atoms with Gasteiger partial charge in [-0.1, -0.05) is 59.6 Å². The number of carbonyl (C=O) groups excluding carboxylic acids is 2. The molecule has 2 aromatic rings. The number of benzene rings is 2. The molecule has 0 radical (unpaired) electrons. The average molecular weight is 434 g/mol. The molecular formula is C22H25Cl2N3O2. The zero-order valence-electron chi connectivity index (χ0n) is 16.4. The minimum atomic E-state index is -0.161. The Hall–Kier alpha value is -2.08. The zero-order chi connectivity index (χ0) is 20.8. The number of hydrogen-bond donors (Lipinski definition) is 2. The van der Waals surface area contributed by atoms with Gasteiger partial charge in [0.1, 0.15) is 0 Å². The summed E-state index contributed by atoms with van der Waals surface area (Å²) in [6, 6.07) is 13.4. The molecule has 154 valence electrons. The number of carbonyl (C=O) groups is 2. The van der Waals surface area contributed by atoms with Crippen LogP contribution in [0.25, 0.3) is 0 Å². The molecule has 1 aliphatic rings. The Labute approximate surface area is 181 Å². The molecule has 0 atom stereocenters. The first-order valence-electron chi connectivity index (χ1n) is 9.72. The summed E-state index contributed by atoms with van der Waals surface area (Å²) in [7, 11) is 0. The summed E-state index contributed by atoms with van der Waals surface area (Å²) in [5, 5.41) is 6.70. The summed E-state index contributed by atoms with van der Waals surface area (Å²) < 4.78 is 0. The summed E-state index contributed by atoms with van der Waals surface area (Å²) in [5.74, 6) is -0.0960. The smallest absolute Gasteiger partial charge is 0.238 e. The monoisotopic (exact) mass is 433 g/mol. The number of halogens is 2. The molecule has 2 N–H and O–H groups in total. The highest BCUT2D eigenvalue weighted by atomic mass is 35.5. The highest BCUT2D eigenvalue weighted by Gasteiger charge is 2.26. The van der Waals surface area contributed by atoms with Gasteiger partial charge in [0.25, 0.3) is 0 Å². The van der Waals surface area contributed by atoms with Gasteiger partial charge in [0, 0.05) is 12.5 Å². The predicted molar refractivity (Wildman–Crippen MR) is 117 cm³/mol. The molecule has 1 saturated heterocycles. The van der Waals surface area contributed by atoms with E-state index < -0.39 is 0 Å². The first-order chi connectivity index (χ1) is 13.9. The lowest BCUT2D eigenvalue weighted by molar-refractivity contribution is -0.126. The Kier molecular flexibility index (Phi) is 7.53. The minimum Gasteiger partial charge on any atom is -0.352 e. The van der Waals surface area contributed by atoms with Gasteiger partial charge in [-0.3, -0.25) is 14.5 Å². The molecule has 1 heterocycles. The molecule has 7 heteroatoms. The molecule has 2 aromatic carbocycles. The highest BCUT2D eigenvalue weighted by Crippen LogP contribution is 2.32. The van der Waals surface area contributed by atoms with Gasteiger partial charge < -0.3 is 10.6 Å². The summed E-state index contributed by atoms with van der Waals surface area (Å²) >= 11 is 12.4. The van der Waals surface area contributed by atoms with Crippen molar-refractivity contribution in [2.45, 2.75) is 26.3 Å². The van der Waals surface area contributed by atoms with Crippen LogP contribution in [0.2, 0.25) is 10.0 Å². The van der Waals surface area contributed by atoms with Crippen molar-refractivity contribution in [3.05, 3.63) is 63.6 Å². The average Bonchev–Trinajstić information content (AvgIpc) is 2.73. The first-order valence-corrected chi connectivity index (χ1v) is 10.5. The number of rotatable bonds is 6. The number of anilines is 1. The molecule has 3 rings (SSSR count). The van der Waals surface area contributed by atoms with Crippen LogP contribution in [-0.2, 0) is 16.1 Å². The van der Waals surface area contributed by atoms with Crippen molar-refractivity contribution >= 4 is 40.7 Å². The maximum absolute atomic E-state index is 12.4. The lowest BCUT2D eigenvalue weighted by Crippen LogP contribution is -2.43. The van der Waals surface area contributed by atoms with E-state index in [1.165, 1.54) is 0 Å². The Bertz CT molecular complexity index is 866. The van der Waals surface area contributed by atoms with Crippen molar-refractivity contribution in [2.24, 2.45) is 5.92 Å². The Morgan fingerprint density at radius 1 is 1.07 bits per heavy atom. The number of hydrogen-bond acceptors (Lipinski definition) is 3. The summed E-state index contributed by atoms with van der Waals surface area (Å²) in [5.41, 5.74) is 2.39. The molecule has 29 heavy (non-hydrogen) atoms. The molecule has 0 spiro atoms. The SMILES string of the molecule is Cc1ccc(Cl)c(NC(=O)CN2CCC(C(=O)NCc3ccccc3)CC2)c1Cl. The summed E-state index contributed by atoms with van der Waals surface area (Å²) in [6.45, 7) is 4.06. The standard InChI is InChI=1S/C22H25Cl2N3O2/c1-15-7-8-18(23)21(20(15)24)26-19(28)14-27-11-9-17(10-12-27)22(29)25-13-16-5-3-2-4-6-16/h2-8,17H,9-14H2,1H3,(H,25,29)(H,26,28). The molecule has 0 unspecified atom stereocenters. The Morgan fingerprint density at radius 3 is 2.45 bits per heavy atom. The van der Waals surface area contributed by atoms with E-state index in [1.54, 1.807) is 6.07 Å². The lowest BCUT2D eigenvalue weighted by atomic mass is 9.96. The van der Waals surface area contributed by atoms with Gasteiger partial charge in [-0.15, -0.1) is 0 Å². The quantitative estimate of drug-likeness (QED) is 0.714. The van der Waals surface area contributed by atoms with Gasteiger partial charge in [-0.05, 0) is 50.0 Å². The molecule has 0 bridgehead atoms. The minimum absolute atomic E-state index is 0.0151. The third kappa shape index (κ3) is 5.95. The first kappa shape index (κ1) is 21.6. The third-order valence-corrected chi connectivity index (χ3v) is 5.99. The zero-order valence-corrected chi connectivity index (χ0v) is 17.9. The summed E-state index contributed by atoms with van der Waals surface area (Å²) in [4.78, 5) is 26.9. The Morgan fingerprint density at radius 2 is 1.76 bits per heavy atom. The Balaban J connectivity index is 1.44. The van der Waals surface area contributed by atoms with Gasteiger partial charge in [0.05, 0.1) is 22.3 Å². The number of aryl methyl sites for hydroxylation is 1. The molecule has 0 aromatic heterocycles. The van der Waals surface area contributed by atoms with E-state index in [0.29, 0.717) is 35.4 Å². The van der Waals surface area contributed by atoms with Crippen LogP contribution in [-0.4, -0.2) is 36.3 Å². The number of piperidine rings is 1. The van der Waals surface area contributed by atoms with Gasteiger partial charge in [0.2, 0.25) is 11.8 Å². The summed E-state index contributed by atoms with van der Waals surface area (Å²) in [6.07, 6.45) is 1.47. The van der Waals surface area contributed by atoms with Crippen molar-refractivity contribution in [3.63, 3.8) is 0 Å². The molecule has 1 aliphatic heterocycles. The fourth-order valence-corrected chi connectivity index (χ4v) is 3.90. The third-order valence-electron chi connectivity index (χ3n) is 5.18. The topological polar surface area (TPSA) is 61.4 Å². The second kappa shape index (κ2) is 10.1.